The highest BCUT2D eigenvalue weighted by Crippen LogP contribution is 2.18. The van der Waals surface area contributed by atoms with Gasteiger partial charge in [0.1, 0.15) is 0 Å². The molecule has 4 heteroatoms. The Labute approximate surface area is 114 Å². The van der Waals surface area contributed by atoms with Crippen LogP contribution in [-0.2, 0) is 4.74 Å². The molecule has 0 amide bonds. The van der Waals surface area contributed by atoms with Gasteiger partial charge in [0.2, 0.25) is 0 Å². The molecule has 1 aromatic rings. The van der Waals surface area contributed by atoms with Crippen molar-refractivity contribution < 1.29 is 9.53 Å². The quantitative estimate of drug-likeness (QED) is 0.843. The lowest BCUT2D eigenvalue weighted by atomic mass is 10.1. The number of nitrogens with zero attached hydrogens (tertiary/aromatic N) is 1. The molecule has 1 saturated heterocycles. The highest BCUT2D eigenvalue weighted by molar-refractivity contribution is 5.89. The molecule has 0 spiro atoms. The smallest absolute Gasteiger partial charge is 0.337 e. The van der Waals surface area contributed by atoms with Crippen LogP contribution in [-0.4, -0.2) is 38.8 Å². The molecular weight excluding hydrogens is 240 g/mol. The maximum Gasteiger partial charge on any atom is 0.337 e. The molecule has 1 N–H and O–H groups in total. The van der Waals surface area contributed by atoms with E-state index in [1.807, 2.05) is 24.3 Å². The van der Waals surface area contributed by atoms with Crippen LogP contribution < -0.4 is 10.2 Å². The Kier molecular flexibility index (Phi) is 4.80. The summed E-state index contributed by atoms with van der Waals surface area (Å²) in [5.74, 6) is -0.282. The van der Waals surface area contributed by atoms with Crippen molar-refractivity contribution in [1.29, 1.82) is 0 Å². The highest BCUT2D eigenvalue weighted by Gasteiger charge is 2.18. The first-order valence-corrected chi connectivity index (χ1v) is 6.91. The van der Waals surface area contributed by atoms with Crippen molar-refractivity contribution in [3.8, 4) is 0 Å². The fourth-order valence-electron chi connectivity index (χ4n) is 2.53. The Morgan fingerprint density at radius 2 is 2.16 bits per heavy atom. The Balaban J connectivity index is 2.03. The topological polar surface area (TPSA) is 41.6 Å². The van der Waals surface area contributed by atoms with Crippen molar-refractivity contribution in [2.75, 3.05) is 31.6 Å². The molecule has 0 saturated carbocycles. The average Bonchev–Trinajstić information content (AvgIpc) is 2.47. The van der Waals surface area contributed by atoms with Crippen LogP contribution >= 0.6 is 0 Å². The normalized spacial score (nSPS) is 19.3. The van der Waals surface area contributed by atoms with Crippen LogP contribution in [0.15, 0.2) is 24.3 Å². The van der Waals surface area contributed by atoms with Crippen LogP contribution in [0, 0.1) is 0 Å². The van der Waals surface area contributed by atoms with Crippen LogP contribution in [0.1, 0.15) is 30.1 Å². The number of methoxy groups -OCH3 is 1. The predicted molar refractivity (Wildman–Crippen MR) is 76.7 cm³/mol. The number of rotatable bonds is 4. The molecular formula is C15H22N2O2. The lowest BCUT2D eigenvalue weighted by molar-refractivity contribution is 0.0601. The minimum absolute atomic E-state index is 0.282. The maximum atomic E-state index is 11.4. The third-order valence-electron chi connectivity index (χ3n) is 3.55. The third-order valence-corrected chi connectivity index (χ3v) is 3.55. The summed E-state index contributed by atoms with van der Waals surface area (Å²) < 4.78 is 4.71. The number of ether oxygens (including phenoxy) is 1. The molecule has 104 valence electrons. The largest absolute Gasteiger partial charge is 0.465 e. The molecule has 0 bridgehead atoms. The molecule has 0 radical (unpaired) electrons. The number of carbonyl (C=O) groups excluding carboxylic acids is 1. The number of esters is 1. The predicted octanol–water partition coefficient (Wildman–Crippen LogP) is 2.05. The Hall–Kier alpha value is -1.55. The standard InChI is InChI=1S/C15H22N2O2/c1-3-4-13-11-17(10-9-16-13)14-7-5-12(6-8-14)15(18)19-2/h5-8,13,16H,3-4,9-11H2,1-2H3. The lowest BCUT2D eigenvalue weighted by Gasteiger charge is -2.35. The molecule has 1 aromatic carbocycles. The van der Waals surface area contributed by atoms with E-state index in [0.717, 1.165) is 19.6 Å². The highest BCUT2D eigenvalue weighted by atomic mass is 16.5. The summed E-state index contributed by atoms with van der Waals surface area (Å²) in [6.07, 6.45) is 2.41. The van der Waals surface area contributed by atoms with Gasteiger partial charge in [-0.15, -0.1) is 0 Å². The summed E-state index contributed by atoms with van der Waals surface area (Å²) in [6, 6.07) is 8.23. The zero-order valence-corrected chi connectivity index (χ0v) is 11.7. The average molecular weight is 262 g/mol. The molecule has 1 aliphatic heterocycles. The van der Waals surface area contributed by atoms with E-state index in [9.17, 15) is 4.79 Å². The number of nitrogens with one attached hydrogen (secondary N) is 1. The monoisotopic (exact) mass is 262 g/mol. The van der Waals surface area contributed by atoms with Crippen molar-refractivity contribution in [1.82, 2.24) is 5.32 Å². The van der Waals surface area contributed by atoms with E-state index in [4.69, 9.17) is 4.74 Å². The van der Waals surface area contributed by atoms with Gasteiger partial charge in [-0.05, 0) is 30.7 Å². The molecule has 2 rings (SSSR count). The summed E-state index contributed by atoms with van der Waals surface area (Å²) in [5, 5.41) is 3.54. The van der Waals surface area contributed by atoms with Crippen LogP contribution in [0.3, 0.4) is 0 Å². The van der Waals surface area contributed by atoms with Crippen LogP contribution in [0.4, 0.5) is 5.69 Å². The van der Waals surface area contributed by atoms with Gasteiger partial charge >= 0.3 is 5.97 Å². The summed E-state index contributed by atoms with van der Waals surface area (Å²) in [7, 11) is 1.40. The van der Waals surface area contributed by atoms with Crippen LogP contribution in [0.2, 0.25) is 0 Å². The van der Waals surface area contributed by atoms with Crippen LogP contribution in [0.5, 0.6) is 0 Å². The van der Waals surface area contributed by atoms with Crippen LogP contribution in [0.25, 0.3) is 0 Å². The number of hydrogen-bond acceptors (Lipinski definition) is 4. The van der Waals surface area contributed by atoms with E-state index < -0.39 is 0 Å². The van der Waals surface area contributed by atoms with Crippen molar-refractivity contribution in [2.24, 2.45) is 0 Å². The van der Waals surface area contributed by atoms with Gasteiger partial charge in [-0.25, -0.2) is 4.79 Å². The zero-order chi connectivity index (χ0) is 13.7. The van der Waals surface area contributed by atoms with Gasteiger partial charge in [0.25, 0.3) is 0 Å². The first-order valence-electron chi connectivity index (χ1n) is 6.91. The van der Waals surface area contributed by atoms with Gasteiger partial charge in [0, 0.05) is 31.4 Å². The summed E-state index contributed by atoms with van der Waals surface area (Å²) in [6.45, 7) is 5.28. The fraction of sp³-hybridized carbons (Fsp3) is 0.533. The van der Waals surface area contributed by atoms with E-state index in [-0.39, 0.29) is 5.97 Å². The number of carbonyl (C=O) groups is 1. The second-order valence-electron chi connectivity index (χ2n) is 4.92. The fourth-order valence-corrected chi connectivity index (χ4v) is 2.53. The number of piperazine rings is 1. The van der Waals surface area contributed by atoms with E-state index in [1.165, 1.54) is 25.6 Å². The first kappa shape index (κ1) is 13.9. The van der Waals surface area contributed by atoms with Gasteiger partial charge in [0.15, 0.2) is 0 Å². The third kappa shape index (κ3) is 3.47. The van der Waals surface area contributed by atoms with Crippen molar-refractivity contribution in [3.63, 3.8) is 0 Å². The summed E-state index contributed by atoms with van der Waals surface area (Å²) >= 11 is 0. The molecule has 1 fully saturated rings. The van der Waals surface area contributed by atoms with Crippen molar-refractivity contribution >= 4 is 11.7 Å². The zero-order valence-electron chi connectivity index (χ0n) is 11.7. The second kappa shape index (κ2) is 6.57. The summed E-state index contributed by atoms with van der Waals surface area (Å²) in [4.78, 5) is 13.8. The minimum atomic E-state index is -0.282. The van der Waals surface area contributed by atoms with Gasteiger partial charge in [-0.1, -0.05) is 13.3 Å². The van der Waals surface area contributed by atoms with Crippen molar-refractivity contribution in [3.05, 3.63) is 29.8 Å². The SMILES string of the molecule is CCCC1CN(c2ccc(C(=O)OC)cc2)CCN1. The lowest BCUT2D eigenvalue weighted by Crippen LogP contribution is -2.50. The van der Waals surface area contributed by atoms with Gasteiger partial charge in [-0.3, -0.25) is 0 Å². The maximum absolute atomic E-state index is 11.4. The van der Waals surface area contributed by atoms with E-state index in [0.29, 0.717) is 11.6 Å². The van der Waals surface area contributed by atoms with E-state index >= 15 is 0 Å². The molecule has 4 nitrogen and oxygen atoms in total. The summed E-state index contributed by atoms with van der Waals surface area (Å²) in [5.41, 5.74) is 1.78. The van der Waals surface area contributed by atoms with Gasteiger partial charge < -0.3 is 15.0 Å². The minimum Gasteiger partial charge on any atom is -0.465 e. The molecule has 1 unspecified atom stereocenters. The molecule has 1 aliphatic rings. The van der Waals surface area contributed by atoms with Crippen molar-refractivity contribution in [2.45, 2.75) is 25.8 Å². The van der Waals surface area contributed by atoms with Gasteiger partial charge in [0.05, 0.1) is 12.7 Å². The van der Waals surface area contributed by atoms with E-state index in [1.54, 1.807) is 0 Å². The first-order chi connectivity index (χ1) is 9.24. The second-order valence-corrected chi connectivity index (χ2v) is 4.92. The number of benzene rings is 1. The van der Waals surface area contributed by atoms with Gasteiger partial charge in [-0.2, -0.15) is 0 Å². The molecule has 1 heterocycles. The Bertz CT molecular complexity index is 415. The Morgan fingerprint density at radius 1 is 1.42 bits per heavy atom. The Morgan fingerprint density at radius 3 is 2.79 bits per heavy atom. The molecule has 19 heavy (non-hydrogen) atoms. The molecule has 1 atom stereocenters. The molecule has 0 aromatic heterocycles. The molecule has 0 aliphatic carbocycles. The van der Waals surface area contributed by atoms with E-state index in [2.05, 4.69) is 17.1 Å². The number of anilines is 1. The number of hydrogen-bond donors (Lipinski definition) is 1.